The maximum Gasteiger partial charge on any atom is 0.336 e. The van der Waals surface area contributed by atoms with E-state index in [1.54, 1.807) is 37.3 Å². The van der Waals surface area contributed by atoms with Gasteiger partial charge < -0.3 is 38.9 Å². The molecule has 0 radical (unpaired) electrons. The van der Waals surface area contributed by atoms with Crippen LogP contribution in [0, 0.1) is 17.8 Å². The van der Waals surface area contributed by atoms with E-state index in [9.17, 15) is 24.6 Å². The third-order valence-electron chi connectivity index (χ3n) is 11.1. The van der Waals surface area contributed by atoms with Crippen molar-refractivity contribution in [2.24, 2.45) is 5.92 Å². The molecule has 1 aromatic carbocycles. The topological polar surface area (TPSA) is 150 Å². The van der Waals surface area contributed by atoms with Gasteiger partial charge in [-0.3, -0.25) is 4.79 Å². The number of amides is 1. The summed E-state index contributed by atoms with van der Waals surface area (Å²) in [5, 5.41) is 24.8. The van der Waals surface area contributed by atoms with Crippen LogP contribution in [-0.2, 0) is 39.4 Å². The van der Waals surface area contributed by atoms with Crippen LogP contribution in [-0.4, -0.2) is 87.3 Å². The average Bonchev–Trinajstić information content (AvgIpc) is 3.62. The molecular formula is C44H71NO10Si. The number of nitrogens with one attached hydrogen (secondary N) is 1. The molecule has 0 spiro atoms. The summed E-state index contributed by atoms with van der Waals surface area (Å²) in [6, 6.07) is 5.87. The van der Waals surface area contributed by atoms with E-state index >= 15 is 0 Å². The molecule has 1 fully saturated rings. The van der Waals surface area contributed by atoms with Crippen LogP contribution in [0.3, 0.4) is 0 Å². The first kappa shape index (κ1) is 48.9. The fourth-order valence-corrected chi connectivity index (χ4v) is 7.48. The van der Waals surface area contributed by atoms with Crippen molar-refractivity contribution < 1.29 is 48.0 Å². The van der Waals surface area contributed by atoms with Crippen LogP contribution in [0.2, 0.25) is 18.1 Å². The summed E-state index contributed by atoms with van der Waals surface area (Å²) in [6.07, 6.45) is 15.0. The third kappa shape index (κ3) is 16.3. The molecule has 11 nitrogen and oxygen atoms in total. The highest BCUT2D eigenvalue weighted by Gasteiger charge is 2.48. The molecule has 0 aliphatic carbocycles. The zero-order valence-corrected chi connectivity index (χ0v) is 36.5. The summed E-state index contributed by atoms with van der Waals surface area (Å²) in [5.74, 6) is 1.17. The molecule has 2 rings (SSSR count). The summed E-state index contributed by atoms with van der Waals surface area (Å²) in [4.78, 5) is 39.8. The highest BCUT2D eigenvalue weighted by atomic mass is 28.4. The fraction of sp³-hybridized carbons (Fsp3) is 0.705. The Labute approximate surface area is 337 Å². The second-order valence-corrected chi connectivity index (χ2v) is 21.2. The van der Waals surface area contributed by atoms with Crippen molar-refractivity contribution in [1.82, 2.24) is 5.32 Å². The number of hydrogen-bond acceptors (Lipinski definition) is 9. The van der Waals surface area contributed by atoms with Gasteiger partial charge in [0.15, 0.2) is 19.7 Å². The molecule has 0 bridgehead atoms. The molecule has 1 amide bonds. The van der Waals surface area contributed by atoms with Gasteiger partial charge in [0.1, 0.15) is 18.4 Å². The number of benzene rings is 1. The molecule has 316 valence electrons. The minimum atomic E-state index is -2.50. The van der Waals surface area contributed by atoms with E-state index in [-0.39, 0.29) is 31.1 Å². The van der Waals surface area contributed by atoms with Gasteiger partial charge in [-0.2, -0.15) is 0 Å². The fourth-order valence-electron chi connectivity index (χ4n) is 6.43. The predicted octanol–water partition coefficient (Wildman–Crippen LogP) is 8.13. The van der Waals surface area contributed by atoms with Gasteiger partial charge in [-0.05, 0) is 68.4 Å². The maximum absolute atomic E-state index is 14.0. The zero-order chi connectivity index (χ0) is 41.7. The minimum Gasteiger partial charge on any atom is -0.481 e. The number of hydrogen-bond donors (Lipinski definition) is 3. The third-order valence-corrected chi connectivity index (χ3v) is 15.6. The number of methoxy groups -OCH3 is 1. The number of rotatable bonds is 27. The van der Waals surface area contributed by atoms with Crippen LogP contribution in [0.25, 0.3) is 0 Å². The van der Waals surface area contributed by atoms with Gasteiger partial charge in [-0.15, -0.1) is 5.92 Å². The lowest BCUT2D eigenvalue weighted by Crippen LogP contribution is -2.55. The lowest BCUT2D eigenvalue weighted by molar-refractivity contribution is -0.168. The van der Waals surface area contributed by atoms with Crippen LogP contribution in [0.5, 0.6) is 5.75 Å². The minimum absolute atomic E-state index is 0.0523. The van der Waals surface area contributed by atoms with E-state index in [1.807, 2.05) is 13.1 Å². The molecule has 1 aliphatic heterocycles. The Balaban J connectivity index is 2.17. The number of esters is 1. The summed E-state index contributed by atoms with van der Waals surface area (Å²) in [6.45, 7) is 15.7. The molecule has 0 saturated carbocycles. The van der Waals surface area contributed by atoms with E-state index in [0.29, 0.717) is 30.9 Å². The molecule has 0 unspecified atom stereocenters. The van der Waals surface area contributed by atoms with E-state index in [1.165, 1.54) is 38.9 Å². The number of carbonyl (C=O) groups is 3. The number of ether oxygens (including phenoxy) is 4. The van der Waals surface area contributed by atoms with Crippen LogP contribution < -0.4 is 10.1 Å². The summed E-state index contributed by atoms with van der Waals surface area (Å²) >= 11 is 0. The van der Waals surface area contributed by atoms with Crippen LogP contribution >= 0.6 is 0 Å². The number of unbranched alkanes of at least 4 members (excludes halogenated alkanes) is 8. The van der Waals surface area contributed by atoms with Crippen LogP contribution in [0.4, 0.5) is 0 Å². The average molecular weight is 802 g/mol. The van der Waals surface area contributed by atoms with Crippen molar-refractivity contribution in [1.29, 1.82) is 0 Å². The maximum atomic E-state index is 14.0. The molecule has 1 aliphatic rings. The lowest BCUT2D eigenvalue weighted by Gasteiger charge is -2.37. The molecule has 1 aromatic rings. The lowest BCUT2D eigenvalue weighted by atomic mass is 9.83. The number of carboxylic acid groups (broad SMARTS) is 1. The molecule has 0 aromatic heterocycles. The first-order valence-corrected chi connectivity index (χ1v) is 23.5. The second-order valence-electron chi connectivity index (χ2n) is 16.4. The van der Waals surface area contributed by atoms with Gasteiger partial charge in [-0.25, -0.2) is 9.59 Å². The number of aliphatic carboxylic acids is 1. The highest BCUT2D eigenvalue weighted by Crippen LogP contribution is 2.37. The van der Waals surface area contributed by atoms with E-state index < -0.39 is 49.5 Å². The number of allylic oxidation sites excluding steroid dienone is 1. The molecule has 3 atom stereocenters. The van der Waals surface area contributed by atoms with Gasteiger partial charge in [0, 0.05) is 32.3 Å². The normalized spacial score (nSPS) is 16.4. The van der Waals surface area contributed by atoms with Gasteiger partial charge >= 0.3 is 11.9 Å². The smallest absolute Gasteiger partial charge is 0.336 e. The SMILES string of the molecule is CC#CCOc1ccc(C[C@H](NC(=O)[C@@H](C=CCCCCCCC2(CCCCCCC)OCCO2)[C@@](O)(CCO[Si](C)(C)C(C)(C)C)C(=O)O)C(=O)OC)cc1. The Morgan fingerprint density at radius 2 is 1.59 bits per heavy atom. The molecule has 3 N–H and O–H groups in total. The number of carboxylic acids is 1. The van der Waals surface area contributed by atoms with Gasteiger partial charge in [0.05, 0.1) is 26.2 Å². The Morgan fingerprint density at radius 1 is 0.982 bits per heavy atom. The monoisotopic (exact) mass is 801 g/mol. The Bertz CT molecular complexity index is 1420. The van der Waals surface area contributed by atoms with Gasteiger partial charge in [0.25, 0.3) is 0 Å². The quantitative estimate of drug-likeness (QED) is 0.0262. The molecule has 12 heteroatoms. The van der Waals surface area contributed by atoms with Crippen molar-refractivity contribution in [2.75, 3.05) is 33.5 Å². The zero-order valence-electron chi connectivity index (χ0n) is 35.5. The standard InChI is InChI=1S/C44H71NO10Si/c1-9-11-13-17-20-27-43(53-32-33-54-43)28-21-18-15-14-16-19-22-37(44(50,41(48)49)29-31-55-56(7,8)42(3,4)5)39(46)45-38(40(47)51-6)34-35-23-25-36(26-24-35)52-30-12-10-2/h19,22-26,37-38,50H,9,11,13-18,20-21,27-34H2,1-8H3,(H,45,46)(H,48,49)/t37-,38+,44+/m1/s1. The molecule has 56 heavy (non-hydrogen) atoms. The highest BCUT2D eigenvalue weighted by molar-refractivity contribution is 6.74. The molecule has 1 heterocycles. The van der Waals surface area contributed by atoms with Crippen molar-refractivity contribution in [3.8, 4) is 17.6 Å². The van der Waals surface area contributed by atoms with Crippen LogP contribution in [0.1, 0.15) is 124 Å². The van der Waals surface area contributed by atoms with Crippen LogP contribution in [0.15, 0.2) is 36.4 Å². The van der Waals surface area contributed by atoms with Gasteiger partial charge in [0.2, 0.25) is 5.91 Å². The summed E-state index contributed by atoms with van der Waals surface area (Å²) in [7, 11) is -1.07. The number of aliphatic hydroxyl groups is 1. The first-order chi connectivity index (χ1) is 26.5. The summed E-state index contributed by atoms with van der Waals surface area (Å²) < 4.78 is 29.0. The van der Waals surface area contributed by atoms with Gasteiger partial charge in [-0.1, -0.05) is 96.4 Å². The summed E-state index contributed by atoms with van der Waals surface area (Å²) in [5.41, 5.74) is -1.79. The Morgan fingerprint density at radius 3 is 2.14 bits per heavy atom. The van der Waals surface area contributed by atoms with E-state index in [2.05, 4.69) is 44.9 Å². The molecule has 1 saturated heterocycles. The van der Waals surface area contributed by atoms with E-state index in [4.69, 9.17) is 23.4 Å². The number of carbonyl (C=O) groups excluding carboxylic acids is 2. The largest absolute Gasteiger partial charge is 0.481 e. The Kier molecular flexibility index (Phi) is 21.4. The van der Waals surface area contributed by atoms with Crippen molar-refractivity contribution in [2.45, 2.75) is 160 Å². The van der Waals surface area contributed by atoms with Crippen molar-refractivity contribution in [3.63, 3.8) is 0 Å². The Hall–Kier alpha value is -3.21. The molecular weight excluding hydrogens is 731 g/mol. The van der Waals surface area contributed by atoms with Crippen molar-refractivity contribution in [3.05, 3.63) is 42.0 Å². The van der Waals surface area contributed by atoms with E-state index in [0.717, 1.165) is 44.9 Å². The second kappa shape index (κ2) is 24.5. The van der Waals surface area contributed by atoms with Crippen molar-refractivity contribution >= 4 is 26.2 Å². The first-order valence-electron chi connectivity index (χ1n) is 20.6. The predicted molar refractivity (Wildman–Crippen MR) is 222 cm³/mol.